The molecule has 8 nitrogen and oxygen atoms in total. The fourth-order valence-electron chi connectivity index (χ4n) is 2.46. The van der Waals surface area contributed by atoms with Crippen molar-refractivity contribution in [3.8, 4) is 0 Å². The Morgan fingerprint density at radius 1 is 1.23 bits per heavy atom. The van der Waals surface area contributed by atoms with E-state index in [-0.39, 0.29) is 17.3 Å². The number of aromatic amines is 1. The van der Waals surface area contributed by atoms with Crippen molar-refractivity contribution in [1.29, 1.82) is 0 Å². The molecule has 0 fully saturated rings. The van der Waals surface area contributed by atoms with Gasteiger partial charge in [0.2, 0.25) is 16.0 Å². The minimum absolute atomic E-state index is 0.136. The van der Waals surface area contributed by atoms with Crippen LogP contribution in [-0.4, -0.2) is 29.6 Å². The molecule has 0 radical (unpaired) electrons. The molecule has 1 atom stereocenters. The van der Waals surface area contributed by atoms with Crippen LogP contribution in [0.15, 0.2) is 41.3 Å². The number of nitrogens with zero attached hydrogens (tertiary/aromatic N) is 2. The van der Waals surface area contributed by atoms with Gasteiger partial charge in [-0.05, 0) is 37.3 Å². The maximum atomic E-state index is 12.3. The second kappa shape index (κ2) is 6.93. The van der Waals surface area contributed by atoms with Gasteiger partial charge in [-0.15, -0.1) is 0 Å². The van der Waals surface area contributed by atoms with Crippen LogP contribution >= 0.6 is 11.6 Å². The monoisotopic (exact) mass is 393 g/mol. The number of benzene rings is 1. The number of H-pyrrole nitrogens is 1. The lowest BCUT2D eigenvalue weighted by Gasteiger charge is -2.14. The summed E-state index contributed by atoms with van der Waals surface area (Å²) in [5, 5.41) is 4.36. The summed E-state index contributed by atoms with van der Waals surface area (Å²) in [4.78, 5) is 23.3. The fourth-order valence-corrected chi connectivity index (χ4v) is 3.14. The Hall–Kier alpha value is -2.65. The number of sulfonamides is 1. The van der Waals surface area contributed by atoms with Gasteiger partial charge in [-0.2, -0.15) is 4.98 Å². The van der Waals surface area contributed by atoms with E-state index in [2.05, 4.69) is 25.0 Å². The van der Waals surface area contributed by atoms with E-state index < -0.39 is 16.1 Å². The fraction of sp³-hybridized carbons (Fsp3) is 0.188. The van der Waals surface area contributed by atoms with Crippen molar-refractivity contribution in [1.82, 2.24) is 15.0 Å². The van der Waals surface area contributed by atoms with E-state index in [1.807, 2.05) is 0 Å². The molecule has 3 rings (SSSR count). The highest BCUT2D eigenvalue weighted by atomic mass is 35.5. The lowest BCUT2D eigenvalue weighted by atomic mass is 10.1. The average molecular weight is 394 g/mol. The van der Waals surface area contributed by atoms with E-state index in [9.17, 15) is 13.2 Å². The molecule has 0 amide bonds. The van der Waals surface area contributed by atoms with Crippen molar-refractivity contribution in [3.05, 3.63) is 57.5 Å². The number of nitrogens with one attached hydrogen (secondary N) is 3. The van der Waals surface area contributed by atoms with Gasteiger partial charge in [-0.25, -0.2) is 13.4 Å². The number of halogens is 1. The first kappa shape index (κ1) is 18.2. The van der Waals surface area contributed by atoms with Crippen LogP contribution in [0.3, 0.4) is 0 Å². The smallest absolute Gasteiger partial charge is 0.253 e. The quantitative estimate of drug-likeness (QED) is 0.613. The average Bonchev–Trinajstić information content (AvgIpc) is 2.53. The third kappa shape index (κ3) is 4.30. The normalized spacial score (nSPS) is 12.7. The first-order valence-corrected chi connectivity index (χ1v) is 9.88. The van der Waals surface area contributed by atoms with E-state index in [0.29, 0.717) is 16.1 Å². The summed E-state index contributed by atoms with van der Waals surface area (Å²) in [7, 11) is -3.45. The standard InChI is InChI=1S/C16H16ClN5O3S/c1-9(19-16-18-6-5-14(21-16)22-26(2,24)25)12-8-10-7-11(17)3-4-13(10)20-15(12)23/h3-9H,1-2H3,(H,20,23)(H2,18,19,21,22)/t9-/m0/s1. The minimum Gasteiger partial charge on any atom is -0.347 e. The van der Waals surface area contributed by atoms with Crippen LogP contribution < -0.4 is 15.6 Å². The molecule has 0 unspecified atom stereocenters. The van der Waals surface area contributed by atoms with Crippen LogP contribution in [0.25, 0.3) is 10.9 Å². The van der Waals surface area contributed by atoms with Gasteiger partial charge in [-0.3, -0.25) is 9.52 Å². The Morgan fingerprint density at radius 2 is 2.00 bits per heavy atom. The van der Waals surface area contributed by atoms with Gasteiger partial charge in [0, 0.05) is 27.7 Å². The molecule has 26 heavy (non-hydrogen) atoms. The van der Waals surface area contributed by atoms with Crippen LogP contribution in [0, 0.1) is 0 Å². The number of rotatable bonds is 5. The second-order valence-electron chi connectivity index (χ2n) is 5.79. The molecule has 0 saturated carbocycles. The third-order valence-electron chi connectivity index (χ3n) is 3.59. The number of hydrogen-bond acceptors (Lipinski definition) is 6. The van der Waals surface area contributed by atoms with Gasteiger partial charge in [-0.1, -0.05) is 11.6 Å². The predicted molar refractivity (Wildman–Crippen MR) is 102 cm³/mol. The van der Waals surface area contributed by atoms with Gasteiger partial charge < -0.3 is 10.3 Å². The molecule has 136 valence electrons. The van der Waals surface area contributed by atoms with E-state index >= 15 is 0 Å². The number of anilines is 2. The number of hydrogen-bond donors (Lipinski definition) is 3. The van der Waals surface area contributed by atoms with Crippen molar-refractivity contribution < 1.29 is 8.42 Å². The van der Waals surface area contributed by atoms with Crippen LogP contribution in [0.4, 0.5) is 11.8 Å². The van der Waals surface area contributed by atoms with Gasteiger partial charge in [0.05, 0.1) is 12.3 Å². The summed E-state index contributed by atoms with van der Waals surface area (Å²) in [6, 6.07) is 7.96. The minimum atomic E-state index is -3.45. The molecule has 0 aliphatic carbocycles. The molecule has 2 heterocycles. The highest BCUT2D eigenvalue weighted by molar-refractivity contribution is 7.92. The molecule has 0 aliphatic rings. The topological polar surface area (TPSA) is 117 Å². The van der Waals surface area contributed by atoms with E-state index in [0.717, 1.165) is 11.6 Å². The molecule has 1 aromatic carbocycles. The largest absolute Gasteiger partial charge is 0.347 e. The van der Waals surface area contributed by atoms with Crippen molar-refractivity contribution >= 4 is 44.3 Å². The van der Waals surface area contributed by atoms with Gasteiger partial charge in [0.15, 0.2) is 0 Å². The summed E-state index contributed by atoms with van der Waals surface area (Å²) in [5.74, 6) is 0.327. The zero-order chi connectivity index (χ0) is 18.9. The third-order valence-corrected chi connectivity index (χ3v) is 4.41. The van der Waals surface area contributed by atoms with Crippen molar-refractivity contribution in [2.45, 2.75) is 13.0 Å². The highest BCUT2D eigenvalue weighted by Gasteiger charge is 2.13. The van der Waals surface area contributed by atoms with Gasteiger partial charge in [0.25, 0.3) is 5.56 Å². The molecule has 2 aromatic heterocycles. The summed E-state index contributed by atoms with van der Waals surface area (Å²) in [5.41, 5.74) is 0.918. The summed E-state index contributed by atoms with van der Waals surface area (Å²) < 4.78 is 24.9. The lowest BCUT2D eigenvalue weighted by Crippen LogP contribution is -2.20. The van der Waals surface area contributed by atoms with Crippen LogP contribution in [0.1, 0.15) is 18.5 Å². The molecular formula is C16H16ClN5O3S. The Bertz CT molecular complexity index is 1130. The maximum absolute atomic E-state index is 12.3. The van der Waals surface area contributed by atoms with Crippen molar-refractivity contribution in [3.63, 3.8) is 0 Å². The lowest BCUT2D eigenvalue weighted by molar-refractivity contribution is 0.606. The zero-order valence-corrected chi connectivity index (χ0v) is 15.5. The van der Waals surface area contributed by atoms with Crippen LogP contribution in [-0.2, 0) is 10.0 Å². The number of pyridine rings is 1. The Morgan fingerprint density at radius 3 is 2.73 bits per heavy atom. The molecule has 10 heteroatoms. The molecular weight excluding hydrogens is 378 g/mol. The van der Waals surface area contributed by atoms with Crippen molar-refractivity contribution in [2.24, 2.45) is 0 Å². The van der Waals surface area contributed by atoms with Crippen molar-refractivity contribution in [2.75, 3.05) is 16.3 Å². The molecule has 0 bridgehead atoms. The molecule has 0 aliphatic heterocycles. The SMILES string of the molecule is C[C@H](Nc1nccc(NS(C)(=O)=O)n1)c1cc2cc(Cl)ccc2[nH]c1=O. The molecule has 3 N–H and O–H groups in total. The number of fused-ring (bicyclic) bond motifs is 1. The Kier molecular flexibility index (Phi) is 4.84. The highest BCUT2D eigenvalue weighted by Crippen LogP contribution is 2.21. The van der Waals surface area contributed by atoms with Crippen LogP contribution in [0.5, 0.6) is 0 Å². The van der Waals surface area contributed by atoms with Crippen LogP contribution in [0.2, 0.25) is 5.02 Å². The summed E-state index contributed by atoms with van der Waals surface area (Å²) >= 11 is 6.01. The maximum Gasteiger partial charge on any atom is 0.253 e. The zero-order valence-electron chi connectivity index (χ0n) is 13.9. The van der Waals surface area contributed by atoms with Gasteiger partial charge in [0.1, 0.15) is 5.82 Å². The molecule has 3 aromatic rings. The van der Waals surface area contributed by atoms with E-state index in [1.54, 1.807) is 31.2 Å². The summed E-state index contributed by atoms with van der Waals surface area (Å²) in [6.07, 6.45) is 2.45. The first-order chi connectivity index (χ1) is 12.2. The summed E-state index contributed by atoms with van der Waals surface area (Å²) in [6.45, 7) is 1.78. The Labute approximate surface area is 154 Å². The molecule has 0 saturated heterocycles. The predicted octanol–water partition coefficient (Wildman–Crippen LogP) is 2.52. The van der Waals surface area contributed by atoms with E-state index in [4.69, 9.17) is 11.6 Å². The van der Waals surface area contributed by atoms with Gasteiger partial charge >= 0.3 is 0 Å². The second-order valence-corrected chi connectivity index (χ2v) is 7.98. The van der Waals surface area contributed by atoms with E-state index in [1.165, 1.54) is 12.3 Å². The Balaban J connectivity index is 1.89. The number of aromatic nitrogens is 3. The first-order valence-electron chi connectivity index (χ1n) is 7.61. The molecule has 0 spiro atoms.